The number of benzene rings is 1. The molecule has 1 N–H and O–H groups in total. The van der Waals surface area contributed by atoms with Crippen molar-refractivity contribution in [2.45, 2.75) is 20.4 Å². The molecule has 0 unspecified atom stereocenters. The van der Waals surface area contributed by atoms with E-state index in [4.69, 9.17) is 0 Å². The molecule has 0 aliphatic heterocycles. The van der Waals surface area contributed by atoms with E-state index in [1.54, 1.807) is 10.9 Å². The first-order valence-electron chi connectivity index (χ1n) is 5.90. The lowest BCUT2D eigenvalue weighted by atomic mass is 10.1. The van der Waals surface area contributed by atoms with Gasteiger partial charge in [0, 0.05) is 19.3 Å². The van der Waals surface area contributed by atoms with E-state index in [9.17, 15) is 4.79 Å². The van der Waals surface area contributed by atoms with Crippen molar-refractivity contribution in [1.29, 1.82) is 0 Å². The molecule has 2 aromatic rings. The number of nitrogens with zero attached hydrogens (tertiary/aromatic N) is 2. The summed E-state index contributed by atoms with van der Waals surface area (Å²) in [5, 5.41) is 6.96. The summed E-state index contributed by atoms with van der Waals surface area (Å²) in [4.78, 5) is 12.0. The average Bonchev–Trinajstić information content (AvgIpc) is 2.69. The summed E-state index contributed by atoms with van der Waals surface area (Å²) in [6.07, 6.45) is 1.60. The normalized spacial score (nSPS) is 10.4. The van der Waals surface area contributed by atoms with E-state index in [-0.39, 0.29) is 5.91 Å². The largest absolute Gasteiger partial charge is 0.348 e. The fourth-order valence-corrected chi connectivity index (χ4v) is 1.71. The van der Waals surface area contributed by atoms with Crippen molar-refractivity contribution in [3.8, 4) is 0 Å². The Morgan fingerprint density at radius 2 is 1.94 bits per heavy atom. The average molecular weight is 243 g/mol. The topological polar surface area (TPSA) is 46.9 Å². The van der Waals surface area contributed by atoms with Gasteiger partial charge < -0.3 is 5.32 Å². The Morgan fingerprint density at radius 3 is 2.50 bits per heavy atom. The van der Waals surface area contributed by atoms with Crippen LogP contribution in [0.4, 0.5) is 0 Å². The molecule has 1 aromatic heterocycles. The molecule has 0 aliphatic rings. The van der Waals surface area contributed by atoms with Crippen LogP contribution < -0.4 is 5.32 Å². The molecule has 1 heterocycles. The fourth-order valence-electron chi connectivity index (χ4n) is 1.71. The Kier molecular flexibility index (Phi) is 3.46. The van der Waals surface area contributed by atoms with Crippen LogP contribution in [0, 0.1) is 13.8 Å². The molecular weight excluding hydrogens is 226 g/mol. The molecular formula is C14H17N3O. The third kappa shape index (κ3) is 2.59. The predicted molar refractivity (Wildman–Crippen MR) is 70.3 cm³/mol. The molecule has 18 heavy (non-hydrogen) atoms. The van der Waals surface area contributed by atoms with Gasteiger partial charge >= 0.3 is 0 Å². The van der Waals surface area contributed by atoms with Crippen LogP contribution >= 0.6 is 0 Å². The molecule has 0 aliphatic carbocycles. The molecule has 0 radical (unpaired) electrons. The molecule has 4 heteroatoms. The van der Waals surface area contributed by atoms with Gasteiger partial charge in [0.2, 0.25) is 0 Å². The molecule has 2 rings (SSSR count). The summed E-state index contributed by atoms with van der Waals surface area (Å²) < 4.78 is 1.70. The minimum Gasteiger partial charge on any atom is -0.348 e. The standard InChI is InChI=1S/C14H17N3O/c1-10-4-6-12(7-5-10)8-15-14(18)13-9-16-17(3)11(13)2/h4-7,9H,8H2,1-3H3,(H,15,18). The Bertz CT molecular complexity index is 555. The number of carbonyl (C=O) groups excluding carboxylic acids is 1. The molecule has 1 amide bonds. The number of nitrogens with one attached hydrogen (secondary N) is 1. The SMILES string of the molecule is Cc1ccc(CNC(=O)c2cnn(C)c2C)cc1. The van der Waals surface area contributed by atoms with Crippen molar-refractivity contribution < 1.29 is 4.79 Å². The van der Waals surface area contributed by atoms with E-state index in [1.807, 2.05) is 45.2 Å². The third-order valence-electron chi connectivity index (χ3n) is 3.05. The smallest absolute Gasteiger partial charge is 0.255 e. The highest BCUT2D eigenvalue weighted by Gasteiger charge is 2.11. The lowest BCUT2D eigenvalue weighted by molar-refractivity contribution is 0.0950. The zero-order valence-corrected chi connectivity index (χ0v) is 10.9. The van der Waals surface area contributed by atoms with E-state index in [1.165, 1.54) is 5.56 Å². The van der Waals surface area contributed by atoms with Crippen molar-refractivity contribution in [3.63, 3.8) is 0 Å². The fraction of sp³-hybridized carbons (Fsp3) is 0.286. The van der Waals surface area contributed by atoms with Crippen LogP contribution in [0.25, 0.3) is 0 Å². The highest BCUT2D eigenvalue weighted by molar-refractivity contribution is 5.94. The molecule has 0 atom stereocenters. The number of hydrogen-bond acceptors (Lipinski definition) is 2. The Labute approximate surface area is 107 Å². The van der Waals surface area contributed by atoms with Gasteiger partial charge in [0.1, 0.15) is 0 Å². The van der Waals surface area contributed by atoms with Crippen LogP contribution in [0.5, 0.6) is 0 Å². The maximum atomic E-state index is 12.0. The van der Waals surface area contributed by atoms with Crippen LogP contribution in [0.2, 0.25) is 0 Å². The predicted octanol–water partition coefficient (Wildman–Crippen LogP) is 1.97. The number of aryl methyl sites for hydroxylation is 2. The summed E-state index contributed by atoms with van der Waals surface area (Å²) in [5.74, 6) is -0.0822. The van der Waals surface area contributed by atoms with Crippen molar-refractivity contribution in [1.82, 2.24) is 15.1 Å². The monoisotopic (exact) mass is 243 g/mol. The first-order valence-corrected chi connectivity index (χ1v) is 5.90. The zero-order chi connectivity index (χ0) is 13.1. The first-order chi connectivity index (χ1) is 8.58. The lowest BCUT2D eigenvalue weighted by Crippen LogP contribution is -2.23. The Balaban J connectivity index is 2.00. The highest BCUT2D eigenvalue weighted by Crippen LogP contribution is 2.07. The number of hydrogen-bond donors (Lipinski definition) is 1. The molecule has 1 aromatic carbocycles. The molecule has 0 spiro atoms. The highest BCUT2D eigenvalue weighted by atomic mass is 16.1. The summed E-state index contributed by atoms with van der Waals surface area (Å²) in [6, 6.07) is 8.12. The van der Waals surface area contributed by atoms with Gasteiger partial charge in [0.05, 0.1) is 11.8 Å². The molecule has 0 saturated heterocycles. The van der Waals surface area contributed by atoms with Gasteiger partial charge in [-0.25, -0.2) is 0 Å². The van der Waals surface area contributed by atoms with Gasteiger partial charge in [-0.05, 0) is 19.4 Å². The van der Waals surface area contributed by atoms with Crippen LogP contribution in [-0.4, -0.2) is 15.7 Å². The van der Waals surface area contributed by atoms with Crippen molar-refractivity contribution in [3.05, 3.63) is 52.8 Å². The maximum Gasteiger partial charge on any atom is 0.255 e. The van der Waals surface area contributed by atoms with Gasteiger partial charge in [0.25, 0.3) is 5.91 Å². The molecule has 0 fully saturated rings. The van der Waals surface area contributed by atoms with Crippen LogP contribution in [0.3, 0.4) is 0 Å². The van der Waals surface area contributed by atoms with Gasteiger partial charge in [-0.15, -0.1) is 0 Å². The second-order valence-corrected chi connectivity index (χ2v) is 4.44. The van der Waals surface area contributed by atoms with Crippen LogP contribution in [-0.2, 0) is 13.6 Å². The molecule has 0 bridgehead atoms. The number of carbonyl (C=O) groups is 1. The van der Waals surface area contributed by atoms with Crippen LogP contribution in [0.15, 0.2) is 30.5 Å². The van der Waals surface area contributed by atoms with Crippen molar-refractivity contribution in [2.24, 2.45) is 7.05 Å². The minimum atomic E-state index is -0.0822. The van der Waals surface area contributed by atoms with Crippen molar-refractivity contribution >= 4 is 5.91 Å². The second kappa shape index (κ2) is 5.04. The lowest BCUT2D eigenvalue weighted by Gasteiger charge is -2.05. The number of aromatic nitrogens is 2. The Morgan fingerprint density at radius 1 is 1.28 bits per heavy atom. The van der Waals surface area contributed by atoms with Gasteiger partial charge in [-0.3, -0.25) is 9.48 Å². The van der Waals surface area contributed by atoms with E-state index in [0.717, 1.165) is 11.3 Å². The van der Waals surface area contributed by atoms with E-state index < -0.39 is 0 Å². The first kappa shape index (κ1) is 12.4. The second-order valence-electron chi connectivity index (χ2n) is 4.44. The van der Waals surface area contributed by atoms with Crippen LogP contribution in [0.1, 0.15) is 27.2 Å². The zero-order valence-electron chi connectivity index (χ0n) is 10.9. The number of amides is 1. The van der Waals surface area contributed by atoms with Gasteiger partial charge in [0.15, 0.2) is 0 Å². The van der Waals surface area contributed by atoms with Crippen molar-refractivity contribution in [2.75, 3.05) is 0 Å². The summed E-state index contributed by atoms with van der Waals surface area (Å²) in [7, 11) is 1.83. The molecule has 4 nitrogen and oxygen atoms in total. The molecule has 0 saturated carbocycles. The third-order valence-corrected chi connectivity index (χ3v) is 3.05. The summed E-state index contributed by atoms with van der Waals surface area (Å²) in [5.41, 5.74) is 3.81. The Hall–Kier alpha value is -2.10. The number of rotatable bonds is 3. The maximum absolute atomic E-state index is 12.0. The van der Waals surface area contributed by atoms with E-state index >= 15 is 0 Å². The van der Waals surface area contributed by atoms with Gasteiger partial charge in [-0.1, -0.05) is 29.8 Å². The van der Waals surface area contributed by atoms with E-state index in [2.05, 4.69) is 10.4 Å². The van der Waals surface area contributed by atoms with Gasteiger partial charge in [-0.2, -0.15) is 5.10 Å². The van der Waals surface area contributed by atoms with E-state index in [0.29, 0.717) is 12.1 Å². The quantitative estimate of drug-likeness (QED) is 0.895. The minimum absolute atomic E-state index is 0.0822. The molecule has 94 valence electrons. The summed E-state index contributed by atoms with van der Waals surface area (Å²) >= 11 is 0. The summed E-state index contributed by atoms with van der Waals surface area (Å²) in [6.45, 7) is 4.46.